The van der Waals surface area contributed by atoms with E-state index in [1.54, 1.807) is 18.3 Å². The first-order valence-electron chi connectivity index (χ1n) is 9.09. The van der Waals surface area contributed by atoms with Crippen molar-refractivity contribution in [2.24, 2.45) is 0 Å². The highest BCUT2D eigenvalue weighted by Crippen LogP contribution is 2.32. The molecule has 1 amide bonds. The fourth-order valence-corrected chi connectivity index (χ4v) is 3.68. The quantitative estimate of drug-likeness (QED) is 0.710. The second-order valence-corrected chi connectivity index (χ2v) is 6.85. The number of carbonyl (C=O) groups excluding carboxylic acids is 1. The van der Waals surface area contributed by atoms with Crippen LogP contribution in [0.2, 0.25) is 0 Å². The van der Waals surface area contributed by atoms with Gasteiger partial charge < -0.3 is 9.42 Å². The van der Waals surface area contributed by atoms with Gasteiger partial charge in [0.2, 0.25) is 0 Å². The Kier molecular flexibility index (Phi) is 4.66. The van der Waals surface area contributed by atoms with E-state index >= 15 is 0 Å². The first-order chi connectivity index (χ1) is 13.1. The summed E-state index contributed by atoms with van der Waals surface area (Å²) in [7, 11) is 0. The van der Waals surface area contributed by atoms with Gasteiger partial charge in [0.05, 0.1) is 17.0 Å². The molecule has 0 aromatic carbocycles. The van der Waals surface area contributed by atoms with Crippen molar-refractivity contribution in [1.82, 2.24) is 25.2 Å². The van der Waals surface area contributed by atoms with Gasteiger partial charge in [-0.1, -0.05) is 5.16 Å². The Balaban J connectivity index is 1.47. The Bertz CT molecular complexity index is 927. The second-order valence-electron chi connectivity index (χ2n) is 6.85. The van der Waals surface area contributed by atoms with Crippen molar-refractivity contribution in [2.75, 3.05) is 13.1 Å². The van der Waals surface area contributed by atoms with Crippen LogP contribution in [0.5, 0.6) is 0 Å². The van der Waals surface area contributed by atoms with Crippen molar-refractivity contribution < 1.29 is 9.32 Å². The molecular formula is C20H21N5O2. The number of piperidine rings is 1. The number of aryl methyl sites for hydroxylation is 2. The van der Waals surface area contributed by atoms with Crippen LogP contribution in [-0.4, -0.2) is 44.2 Å². The topological polar surface area (TPSA) is 85.0 Å². The number of aromatic nitrogens is 4. The molecule has 0 bridgehead atoms. The summed E-state index contributed by atoms with van der Waals surface area (Å²) >= 11 is 0. The fourth-order valence-electron chi connectivity index (χ4n) is 3.68. The minimum Gasteiger partial charge on any atom is -0.361 e. The molecule has 1 saturated heterocycles. The van der Waals surface area contributed by atoms with Crippen LogP contribution in [0.1, 0.15) is 46.3 Å². The van der Waals surface area contributed by atoms with Crippen LogP contribution in [0.25, 0.3) is 11.3 Å². The highest BCUT2D eigenvalue weighted by atomic mass is 16.5. The number of hydrogen-bond donors (Lipinski definition) is 0. The van der Waals surface area contributed by atoms with Crippen LogP contribution >= 0.6 is 0 Å². The summed E-state index contributed by atoms with van der Waals surface area (Å²) in [5.41, 5.74) is 4.35. The lowest BCUT2D eigenvalue weighted by molar-refractivity contribution is 0.0706. The third kappa shape index (κ3) is 3.45. The van der Waals surface area contributed by atoms with Gasteiger partial charge in [0.15, 0.2) is 5.69 Å². The molecule has 0 unspecified atom stereocenters. The monoisotopic (exact) mass is 363 g/mol. The van der Waals surface area contributed by atoms with Crippen LogP contribution in [0, 0.1) is 13.8 Å². The first kappa shape index (κ1) is 17.3. The normalized spacial score (nSPS) is 15.1. The zero-order valence-electron chi connectivity index (χ0n) is 15.4. The second kappa shape index (κ2) is 7.26. The Morgan fingerprint density at radius 1 is 1.19 bits per heavy atom. The number of rotatable bonds is 3. The van der Waals surface area contributed by atoms with Gasteiger partial charge in [-0.25, -0.2) is 0 Å². The molecule has 0 atom stereocenters. The zero-order chi connectivity index (χ0) is 18.8. The minimum absolute atomic E-state index is 0.0484. The van der Waals surface area contributed by atoms with Crippen molar-refractivity contribution in [3.63, 3.8) is 0 Å². The summed E-state index contributed by atoms with van der Waals surface area (Å²) in [4.78, 5) is 18.9. The SMILES string of the molecule is Cc1noc(C)c1-c1cc(C2CCN(C(=O)c3cccnn3)CC2)ccn1. The van der Waals surface area contributed by atoms with E-state index in [1.807, 2.05) is 24.9 Å². The van der Waals surface area contributed by atoms with E-state index in [0.717, 1.165) is 35.6 Å². The Labute approximate surface area is 157 Å². The molecule has 27 heavy (non-hydrogen) atoms. The van der Waals surface area contributed by atoms with Gasteiger partial charge >= 0.3 is 0 Å². The van der Waals surface area contributed by atoms with Crippen LogP contribution < -0.4 is 0 Å². The third-order valence-electron chi connectivity index (χ3n) is 5.12. The molecule has 0 N–H and O–H groups in total. The van der Waals surface area contributed by atoms with Crippen LogP contribution in [0.4, 0.5) is 0 Å². The van der Waals surface area contributed by atoms with Gasteiger partial charge in [0.1, 0.15) is 5.76 Å². The highest BCUT2D eigenvalue weighted by Gasteiger charge is 2.26. The van der Waals surface area contributed by atoms with E-state index in [4.69, 9.17) is 4.52 Å². The molecule has 7 nitrogen and oxygen atoms in total. The maximum Gasteiger partial charge on any atom is 0.274 e. The van der Waals surface area contributed by atoms with E-state index in [1.165, 1.54) is 5.56 Å². The summed E-state index contributed by atoms with van der Waals surface area (Å²) in [6.45, 7) is 5.25. The summed E-state index contributed by atoms with van der Waals surface area (Å²) in [5.74, 6) is 1.13. The summed E-state index contributed by atoms with van der Waals surface area (Å²) in [6.07, 6.45) is 5.24. The van der Waals surface area contributed by atoms with Gasteiger partial charge in [0, 0.05) is 25.5 Å². The Hall–Kier alpha value is -3.09. The molecule has 4 rings (SSSR count). The molecular weight excluding hydrogens is 342 g/mol. The van der Waals surface area contributed by atoms with Gasteiger partial charge in [-0.2, -0.15) is 5.10 Å². The molecule has 0 saturated carbocycles. The molecule has 1 aliphatic rings. The molecule has 0 spiro atoms. The lowest BCUT2D eigenvalue weighted by atomic mass is 9.89. The van der Waals surface area contributed by atoms with Gasteiger partial charge in [-0.3, -0.25) is 9.78 Å². The van der Waals surface area contributed by atoms with Crippen LogP contribution in [0.3, 0.4) is 0 Å². The molecule has 3 aromatic heterocycles. The fraction of sp³-hybridized carbons (Fsp3) is 0.350. The maximum atomic E-state index is 12.5. The first-order valence-corrected chi connectivity index (χ1v) is 9.09. The Morgan fingerprint density at radius 3 is 2.67 bits per heavy atom. The standard InChI is InChI=1S/C20H21N5O2/c1-13-19(14(2)27-24-13)18-12-16(5-9-21-18)15-6-10-25(11-7-15)20(26)17-4-3-8-22-23-17/h3-5,8-9,12,15H,6-7,10-11H2,1-2H3. The smallest absolute Gasteiger partial charge is 0.274 e. The largest absolute Gasteiger partial charge is 0.361 e. The average molecular weight is 363 g/mol. The average Bonchev–Trinajstić information content (AvgIpc) is 3.06. The Morgan fingerprint density at radius 2 is 2.00 bits per heavy atom. The molecule has 4 heterocycles. The highest BCUT2D eigenvalue weighted by molar-refractivity contribution is 5.92. The number of nitrogens with zero attached hydrogens (tertiary/aromatic N) is 5. The lowest BCUT2D eigenvalue weighted by Crippen LogP contribution is -2.38. The summed E-state index contributed by atoms with van der Waals surface area (Å²) in [6, 6.07) is 7.63. The van der Waals surface area contributed by atoms with Crippen LogP contribution in [-0.2, 0) is 0 Å². The van der Waals surface area contributed by atoms with E-state index in [0.29, 0.717) is 24.7 Å². The maximum absolute atomic E-state index is 12.5. The van der Waals surface area contributed by atoms with Crippen molar-refractivity contribution in [3.05, 3.63) is 59.4 Å². The molecule has 138 valence electrons. The number of amides is 1. The van der Waals surface area contributed by atoms with Crippen LogP contribution in [0.15, 0.2) is 41.2 Å². The number of hydrogen-bond acceptors (Lipinski definition) is 6. The number of pyridine rings is 1. The zero-order valence-corrected chi connectivity index (χ0v) is 15.4. The van der Waals surface area contributed by atoms with E-state index in [-0.39, 0.29) is 5.91 Å². The van der Waals surface area contributed by atoms with E-state index in [2.05, 4.69) is 32.5 Å². The summed E-state index contributed by atoms with van der Waals surface area (Å²) in [5, 5.41) is 11.7. The van der Waals surface area contributed by atoms with Crippen molar-refractivity contribution in [2.45, 2.75) is 32.6 Å². The number of likely N-dealkylation sites (tertiary alicyclic amines) is 1. The molecule has 0 radical (unpaired) electrons. The van der Waals surface area contributed by atoms with E-state index in [9.17, 15) is 4.79 Å². The number of carbonyl (C=O) groups is 1. The molecule has 7 heteroatoms. The minimum atomic E-state index is -0.0484. The summed E-state index contributed by atoms with van der Waals surface area (Å²) < 4.78 is 5.27. The predicted octanol–water partition coefficient (Wildman–Crippen LogP) is 3.16. The van der Waals surface area contributed by atoms with Crippen molar-refractivity contribution >= 4 is 5.91 Å². The van der Waals surface area contributed by atoms with Crippen molar-refractivity contribution in [1.29, 1.82) is 0 Å². The third-order valence-corrected chi connectivity index (χ3v) is 5.12. The van der Waals surface area contributed by atoms with Gasteiger partial charge in [-0.15, -0.1) is 5.10 Å². The van der Waals surface area contributed by atoms with Crippen molar-refractivity contribution in [3.8, 4) is 11.3 Å². The lowest BCUT2D eigenvalue weighted by Gasteiger charge is -2.32. The van der Waals surface area contributed by atoms with Gasteiger partial charge in [-0.05, 0) is 62.4 Å². The predicted molar refractivity (Wildman–Crippen MR) is 99.1 cm³/mol. The molecule has 3 aromatic rings. The van der Waals surface area contributed by atoms with E-state index < -0.39 is 0 Å². The molecule has 0 aliphatic carbocycles. The molecule has 1 aliphatic heterocycles. The molecule has 1 fully saturated rings. The van der Waals surface area contributed by atoms with Gasteiger partial charge in [0.25, 0.3) is 5.91 Å².